The monoisotopic (exact) mass is 191 g/mol. The highest BCUT2D eigenvalue weighted by atomic mass is 16.4. The number of carboxylic acid groups (broad SMARTS) is 1. The molecule has 0 heterocycles. The third-order valence-corrected chi connectivity index (χ3v) is 1.48. The minimum atomic E-state index is -1.18. The number of hydrogen-bond donors (Lipinski definition) is 1. The van der Waals surface area contributed by atoms with Crippen molar-refractivity contribution in [2.24, 2.45) is 5.11 Å². The molecule has 0 radical (unpaired) electrons. The van der Waals surface area contributed by atoms with E-state index in [9.17, 15) is 9.59 Å². The highest BCUT2D eigenvalue weighted by molar-refractivity contribution is 5.91. The van der Waals surface area contributed by atoms with E-state index in [0.29, 0.717) is 6.29 Å². The lowest BCUT2D eigenvalue weighted by atomic mass is 10.1. The molecule has 0 atom stereocenters. The van der Waals surface area contributed by atoms with E-state index in [2.05, 4.69) is 10.0 Å². The van der Waals surface area contributed by atoms with Crippen molar-refractivity contribution in [1.29, 1.82) is 0 Å². The molecule has 0 spiro atoms. The fourth-order valence-electron chi connectivity index (χ4n) is 0.936. The summed E-state index contributed by atoms with van der Waals surface area (Å²) < 4.78 is 0. The molecule has 0 aliphatic heterocycles. The lowest BCUT2D eigenvalue weighted by Gasteiger charge is -1.97. The van der Waals surface area contributed by atoms with E-state index < -0.39 is 5.97 Å². The van der Waals surface area contributed by atoms with Crippen molar-refractivity contribution < 1.29 is 14.7 Å². The number of carboxylic acids is 1. The number of hydrogen-bond acceptors (Lipinski definition) is 3. The Morgan fingerprint density at radius 2 is 2.21 bits per heavy atom. The maximum Gasteiger partial charge on any atom is 0.335 e. The van der Waals surface area contributed by atoms with Gasteiger partial charge in [0.2, 0.25) is 0 Å². The zero-order chi connectivity index (χ0) is 10.6. The zero-order valence-corrected chi connectivity index (χ0v) is 6.91. The van der Waals surface area contributed by atoms with E-state index in [0.717, 1.165) is 0 Å². The number of aromatic carboxylic acids is 1. The normalized spacial score (nSPS) is 8.86. The second-order valence-corrected chi connectivity index (χ2v) is 2.43. The van der Waals surface area contributed by atoms with Crippen LogP contribution in [-0.2, 0) is 0 Å². The van der Waals surface area contributed by atoms with Gasteiger partial charge in [0.05, 0.1) is 5.56 Å². The molecule has 14 heavy (non-hydrogen) atoms. The van der Waals surface area contributed by atoms with Gasteiger partial charge in [-0.3, -0.25) is 4.79 Å². The summed E-state index contributed by atoms with van der Waals surface area (Å²) in [6, 6.07) is 3.69. The zero-order valence-electron chi connectivity index (χ0n) is 6.91. The molecule has 0 aromatic heterocycles. The molecule has 6 heteroatoms. The molecule has 0 aliphatic rings. The van der Waals surface area contributed by atoms with Gasteiger partial charge in [-0.05, 0) is 23.7 Å². The molecule has 1 aromatic rings. The van der Waals surface area contributed by atoms with E-state index in [1.807, 2.05) is 0 Å². The lowest BCUT2D eigenvalue weighted by molar-refractivity contribution is 0.0697. The molecule has 0 fully saturated rings. The predicted octanol–water partition coefficient (Wildman–Crippen LogP) is 2.14. The number of aldehydes is 1. The first-order valence-corrected chi connectivity index (χ1v) is 3.56. The molecule has 0 bridgehead atoms. The van der Waals surface area contributed by atoms with Crippen LogP contribution in [0.25, 0.3) is 10.4 Å². The average Bonchev–Trinajstić information content (AvgIpc) is 2.17. The largest absolute Gasteiger partial charge is 0.478 e. The molecule has 0 amide bonds. The Morgan fingerprint density at radius 3 is 2.71 bits per heavy atom. The number of nitrogens with zero attached hydrogens (tertiary/aromatic N) is 3. The first-order chi connectivity index (χ1) is 6.67. The predicted molar refractivity (Wildman–Crippen MR) is 47.6 cm³/mol. The lowest BCUT2D eigenvalue weighted by Crippen LogP contribution is -1.96. The van der Waals surface area contributed by atoms with Crippen molar-refractivity contribution in [3.8, 4) is 0 Å². The molecule has 0 aliphatic carbocycles. The van der Waals surface area contributed by atoms with Crippen LogP contribution in [0.3, 0.4) is 0 Å². The van der Waals surface area contributed by atoms with E-state index in [1.54, 1.807) is 0 Å². The number of carbonyl (C=O) groups is 2. The van der Waals surface area contributed by atoms with Crippen molar-refractivity contribution in [2.45, 2.75) is 0 Å². The topological polar surface area (TPSA) is 103 Å². The highest BCUT2D eigenvalue weighted by Gasteiger charge is 2.05. The van der Waals surface area contributed by atoms with Gasteiger partial charge in [0, 0.05) is 16.2 Å². The third-order valence-electron chi connectivity index (χ3n) is 1.48. The van der Waals surface area contributed by atoms with Gasteiger partial charge >= 0.3 is 5.97 Å². The molecular formula is C8H5N3O3. The Hall–Kier alpha value is -2.33. The molecule has 1 rings (SSSR count). The summed E-state index contributed by atoms with van der Waals surface area (Å²) in [6.07, 6.45) is 0.489. The molecule has 0 saturated carbocycles. The maximum atomic E-state index is 10.6. The first kappa shape index (κ1) is 9.76. The number of benzene rings is 1. The van der Waals surface area contributed by atoms with Crippen molar-refractivity contribution >= 4 is 17.9 Å². The molecule has 0 saturated heterocycles. The van der Waals surface area contributed by atoms with Gasteiger partial charge in [-0.2, -0.15) is 0 Å². The van der Waals surface area contributed by atoms with Crippen LogP contribution in [0, 0.1) is 0 Å². The van der Waals surface area contributed by atoms with Crippen LogP contribution in [0.2, 0.25) is 0 Å². The van der Waals surface area contributed by atoms with Crippen LogP contribution >= 0.6 is 0 Å². The van der Waals surface area contributed by atoms with Crippen LogP contribution in [0.1, 0.15) is 20.7 Å². The quantitative estimate of drug-likeness (QED) is 0.342. The van der Waals surface area contributed by atoms with Gasteiger partial charge in [-0.25, -0.2) is 4.79 Å². The van der Waals surface area contributed by atoms with Crippen LogP contribution in [0.4, 0.5) is 5.69 Å². The fourth-order valence-corrected chi connectivity index (χ4v) is 0.936. The molecule has 1 N–H and O–H groups in total. The minimum Gasteiger partial charge on any atom is -0.478 e. The van der Waals surface area contributed by atoms with Crippen LogP contribution in [0.15, 0.2) is 23.3 Å². The van der Waals surface area contributed by atoms with E-state index in [-0.39, 0.29) is 16.8 Å². The SMILES string of the molecule is [N-]=[N+]=Nc1cc(C=O)cc(C(=O)O)c1. The van der Waals surface area contributed by atoms with Crippen molar-refractivity contribution in [1.82, 2.24) is 0 Å². The second kappa shape index (κ2) is 4.06. The second-order valence-electron chi connectivity index (χ2n) is 2.43. The van der Waals surface area contributed by atoms with Crippen LogP contribution < -0.4 is 0 Å². The van der Waals surface area contributed by atoms with Crippen LogP contribution in [-0.4, -0.2) is 17.4 Å². The molecule has 0 unspecified atom stereocenters. The molecule has 70 valence electrons. The van der Waals surface area contributed by atoms with Gasteiger partial charge in [0.1, 0.15) is 6.29 Å². The summed E-state index contributed by atoms with van der Waals surface area (Å²) >= 11 is 0. The Bertz CT molecular complexity index is 415. The van der Waals surface area contributed by atoms with E-state index in [1.165, 1.54) is 18.2 Å². The van der Waals surface area contributed by atoms with Gasteiger partial charge in [-0.15, -0.1) is 0 Å². The number of azide groups is 1. The Morgan fingerprint density at radius 1 is 1.50 bits per heavy atom. The van der Waals surface area contributed by atoms with Gasteiger partial charge < -0.3 is 5.11 Å². The van der Waals surface area contributed by atoms with Crippen molar-refractivity contribution in [3.63, 3.8) is 0 Å². The fraction of sp³-hybridized carbons (Fsp3) is 0. The summed E-state index contributed by atoms with van der Waals surface area (Å²) in [5.74, 6) is -1.18. The van der Waals surface area contributed by atoms with Gasteiger partial charge in [0.15, 0.2) is 0 Å². The summed E-state index contributed by atoms with van der Waals surface area (Å²) in [6.45, 7) is 0. The van der Waals surface area contributed by atoms with Gasteiger partial charge in [0.25, 0.3) is 0 Å². The Labute approximate surface area is 78.4 Å². The maximum absolute atomic E-state index is 10.6. The summed E-state index contributed by atoms with van der Waals surface area (Å²) in [7, 11) is 0. The standard InChI is InChI=1S/C8H5N3O3/c9-11-10-7-2-5(4-12)1-6(3-7)8(13)14/h1-4H,(H,13,14). The molecular weight excluding hydrogens is 186 g/mol. The number of carbonyl (C=O) groups excluding carboxylic acids is 1. The Balaban J connectivity index is 3.33. The van der Waals surface area contributed by atoms with Crippen LogP contribution in [0.5, 0.6) is 0 Å². The summed E-state index contributed by atoms with van der Waals surface area (Å²) in [4.78, 5) is 23.5. The average molecular weight is 191 g/mol. The minimum absolute atomic E-state index is 0.0861. The molecule has 1 aromatic carbocycles. The number of rotatable bonds is 3. The van der Waals surface area contributed by atoms with E-state index >= 15 is 0 Å². The highest BCUT2D eigenvalue weighted by Crippen LogP contribution is 2.17. The van der Waals surface area contributed by atoms with Gasteiger partial charge in [-0.1, -0.05) is 5.11 Å². The summed E-state index contributed by atoms with van der Waals surface area (Å²) in [5, 5.41) is 11.9. The first-order valence-electron chi connectivity index (χ1n) is 3.56. The van der Waals surface area contributed by atoms with E-state index in [4.69, 9.17) is 10.6 Å². The summed E-state index contributed by atoms with van der Waals surface area (Å²) in [5.41, 5.74) is 8.31. The van der Waals surface area contributed by atoms with Crippen molar-refractivity contribution in [2.75, 3.05) is 0 Å². The smallest absolute Gasteiger partial charge is 0.335 e. The molecule has 6 nitrogen and oxygen atoms in total. The van der Waals surface area contributed by atoms with Crippen molar-refractivity contribution in [3.05, 3.63) is 39.8 Å². The third kappa shape index (κ3) is 2.09. The Kier molecular flexibility index (Phi) is 2.83.